The van der Waals surface area contributed by atoms with E-state index >= 15 is 0 Å². The SMILES string of the molecule is CC(C)C[C@@H](C(=O)O[C@H](Cc1ccc(C(F)(F)F)cc1)C(=O)OCc1ccccc1)N(C)C(=O)OC(C)(C)C. The Labute approximate surface area is 227 Å². The van der Waals surface area contributed by atoms with E-state index in [1.165, 1.54) is 19.2 Å². The molecule has 0 saturated carbocycles. The van der Waals surface area contributed by atoms with E-state index in [9.17, 15) is 27.6 Å². The average Bonchev–Trinajstić information content (AvgIpc) is 2.84. The van der Waals surface area contributed by atoms with Crippen molar-refractivity contribution in [2.24, 2.45) is 5.92 Å². The maximum atomic E-state index is 13.3. The second-order valence-electron chi connectivity index (χ2n) is 10.7. The molecular weight excluding hydrogens is 515 g/mol. The molecule has 10 heteroatoms. The van der Waals surface area contributed by atoms with E-state index < -0.39 is 47.5 Å². The third-order valence-corrected chi connectivity index (χ3v) is 5.56. The quantitative estimate of drug-likeness (QED) is 0.259. The summed E-state index contributed by atoms with van der Waals surface area (Å²) >= 11 is 0. The number of benzene rings is 2. The van der Waals surface area contributed by atoms with E-state index in [4.69, 9.17) is 14.2 Å². The number of rotatable bonds is 10. The summed E-state index contributed by atoms with van der Waals surface area (Å²) in [6.07, 6.45) is -6.71. The molecule has 2 atom stereocenters. The Hall–Kier alpha value is -3.56. The molecule has 0 heterocycles. The summed E-state index contributed by atoms with van der Waals surface area (Å²) in [6.45, 7) is 8.70. The molecule has 39 heavy (non-hydrogen) atoms. The van der Waals surface area contributed by atoms with Gasteiger partial charge in [0.25, 0.3) is 0 Å². The lowest BCUT2D eigenvalue weighted by atomic mass is 10.0. The number of carbonyl (C=O) groups is 3. The second-order valence-corrected chi connectivity index (χ2v) is 10.7. The first kappa shape index (κ1) is 31.7. The predicted molar refractivity (Wildman–Crippen MR) is 139 cm³/mol. The number of likely N-dealkylation sites (N-methyl/N-ethyl adjacent to an activating group) is 1. The van der Waals surface area contributed by atoms with Gasteiger partial charge in [0.05, 0.1) is 5.56 Å². The molecule has 0 saturated heterocycles. The number of esters is 2. The zero-order valence-electron chi connectivity index (χ0n) is 23.1. The van der Waals surface area contributed by atoms with Crippen molar-refractivity contribution >= 4 is 18.0 Å². The molecule has 0 unspecified atom stereocenters. The molecule has 0 aromatic heterocycles. The minimum Gasteiger partial charge on any atom is -0.458 e. The van der Waals surface area contributed by atoms with Crippen LogP contribution >= 0.6 is 0 Å². The minimum atomic E-state index is -4.52. The van der Waals surface area contributed by atoms with E-state index in [-0.39, 0.29) is 25.4 Å². The molecule has 2 aromatic carbocycles. The maximum Gasteiger partial charge on any atom is 0.416 e. The molecule has 0 N–H and O–H groups in total. The summed E-state index contributed by atoms with van der Waals surface area (Å²) < 4.78 is 55.3. The fourth-order valence-electron chi connectivity index (χ4n) is 3.58. The number of hydrogen-bond acceptors (Lipinski definition) is 6. The van der Waals surface area contributed by atoms with Crippen molar-refractivity contribution in [2.45, 2.75) is 78.0 Å². The molecular formula is C29H36F3NO6. The smallest absolute Gasteiger partial charge is 0.416 e. The predicted octanol–water partition coefficient (Wildman–Crippen LogP) is 6.18. The van der Waals surface area contributed by atoms with Crippen molar-refractivity contribution in [1.29, 1.82) is 0 Å². The highest BCUT2D eigenvalue weighted by molar-refractivity contribution is 5.84. The van der Waals surface area contributed by atoms with Crippen LogP contribution in [0.15, 0.2) is 54.6 Å². The second kappa shape index (κ2) is 13.5. The van der Waals surface area contributed by atoms with Crippen molar-refractivity contribution in [1.82, 2.24) is 4.90 Å². The summed E-state index contributed by atoms with van der Waals surface area (Å²) in [6, 6.07) is 12.0. The molecule has 2 rings (SSSR count). The zero-order chi connectivity index (χ0) is 29.4. The summed E-state index contributed by atoms with van der Waals surface area (Å²) in [5.41, 5.74) is -0.613. The molecule has 0 fully saturated rings. The Morgan fingerprint density at radius 3 is 1.97 bits per heavy atom. The summed E-state index contributed by atoms with van der Waals surface area (Å²) in [5.74, 6) is -1.74. The Balaban J connectivity index is 2.28. The van der Waals surface area contributed by atoms with Gasteiger partial charge in [-0.15, -0.1) is 0 Å². The number of alkyl halides is 3. The van der Waals surface area contributed by atoms with Gasteiger partial charge in [0.1, 0.15) is 18.2 Å². The van der Waals surface area contributed by atoms with E-state index in [2.05, 4.69) is 0 Å². The molecule has 1 amide bonds. The number of amides is 1. The van der Waals surface area contributed by atoms with Crippen molar-refractivity contribution < 1.29 is 41.8 Å². The van der Waals surface area contributed by atoms with E-state index in [1.54, 1.807) is 51.1 Å². The van der Waals surface area contributed by atoms with Gasteiger partial charge in [-0.05, 0) is 56.4 Å². The Morgan fingerprint density at radius 1 is 0.872 bits per heavy atom. The fourth-order valence-corrected chi connectivity index (χ4v) is 3.58. The van der Waals surface area contributed by atoms with E-state index in [0.717, 1.165) is 17.0 Å². The van der Waals surface area contributed by atoms with Crippen molar-refractivity contribution in [3.8, 4) is 0 Å². The largest absolute Gasteiger partial charge is 0.458 e. The van der Waals surface area contributed by atoms with E-state index in [1.807, 2.05) is 13.8 Å². The van der Waals surface area contributed by atoms with Crippen LogP contribution < -0.4 is 0 Å². The third-order valence-electron chi connectivity index (χ3n) is 5.56. The molecule has 7 nitrogen and oxygen atoms in total. The minimum absolute atomic E-state index is 0.0224. The van der Waals surface area contributed by atoms with Gasteiger partial charge < -0.3 is 14.2 Å². The Morgan fingerprint density at radius 2 is 1.46 bits per heavy atom. The first-order chi connectivity index (χ1) is 18.1. The molecule has 0 aliphatic carbocycles. The molecule has 0 aliphatic heterocycles. The van der Waals surface area contributed by atoms with Crippen LogP contribution in [0.2, 0.25) is 0 Å². The first-order valence-corrected chi connectivity index (χ1v) is 12.6. The maximum absolute atomic E-state index is 13.3. The van der Waals surface area contributed by atoms with Gasteiger partial charge in [-0.3, -0.25) is 4.90 Å². The van der Waals surface area contributed by atoms with Gasteiger partial charge in [-0.2, -0.15) is 13.2 Å². The van der Waals surface area contributed by atoms with Gasteiger partial charge in [0, 0.05) is 13.5 Å². The van der Waals surface area contributed by atoms with Crippen molar-refractivity contribution in [3.63, 3.8) is 0 Å². The topological polar surface area (TPSA) is 82.1 Å². The molecule has 0 spiro atoms. The van der Waals surface area contributed by atoms with Crippen LogP contribution in [0.5, 0.6) is 0 Å². The first-order valence-electron chi connectivity index (χ1n) is 12.6. The molecule has 214 valence electrons. The van der Waals surface area contributed by atoms with Gasteiger partial charge in [0.15, 0.2) is 0 Å². The van der Waals surface area contributed by atoms with Gasteiger partial charge in [0.2, 0.25) is 6.10 Å². The fraction of sp³-hybridized carbons (Fsp3) is 0.483. The van der Waals surface area contributed by atoms with Crippen LogP contribution in [0.4, 0.5) is 18.0 Å². The van der Waals surface area contributed by atoms with E-state index in [0.29, 0.717) is 11.1 Å². The highest BCUT2D eigenvalue weighted by Crippen LogP contribution is 2.29. The van der Waals surface area contributed by atoms with Gasteiger partial charge >= 0.3 is 24.2 Å². The van der Waals surface area contributed by atoms with Crippen LogP contribution in [0.1, 0.15) is 57.7 Å². The monoisotopic (exact) mass is 551 g/mol. The summed E-state index contributed by atoms with van der Waals surface area (Å²) in [5, 5.41) is 0. The van der Waals surface area contributed by atoms with Crippen LogP contribution in [-0.2, 0) is 43.0 Å². The summed E-state index contributed by atoms with van der Waals surface area (Å²) in [7, 11) is 1.40. The lowest BCUT2D eigenvalue weighted by molar-refractivity contribution is -0.171. The molecule has 2 aromatic rings. The number of ether oxygens (including phenoxy) is 3. The summed E-state index contributed by atoms with van der Waals surface area (Å²) in [4.78, 5) is 40.2. The van der Waals surface area contributed by atoms with Crippen molar-refractivity contribution in [2.75, 3.05) is 7.05 Å². The Kier molecular flexibility index (Phi) is 10.9. The van der Waals surface area contributed by atoms with Crippen LogP contribution in [0, 0.1) is 5.92 Å². The Bertz CT molecular complexity index is 1090. The molecule has 0 aliphatic rings. The highest BCUT2D eigenvalue weighted by atomic mass is 19.4. The van der Waals surface area contributed by atoms with Gasteiger partial charge in [-0.25, -0.2) is 14.4 Å². The van der Waals surface area contributed by atoms with Crippen LogP contribution in [-0.4, -0.2) is 47.7 Å². The average molecular weight is 552 g/mol. The number of hydrogen-bond donors (Lipinski definition) is 0. The standard InChI is InChI=1S/C29H36F3NO6/c1-19(2)16-23(33(6)27(36)39-28(3,4)5)25(34)38-24(26(35)37-18-21-10-8-7-9-11-21)17-20-12-14-22(15-13-20)29(30,31)32/h7-15,19,23-24H,16-18H2,1-6H3/t23-,24+/m0/s1. The normalized spacial score (nSPS) is 13.4. The van der Waals surface area contributed by atoms with Crippen LogP contribution in [0.25, 0.3) is 0 Å². The van der Waals surface area contributed by atoms with Crippen LogP contribution in [0.3, 0.4) is 0 Å². The van der Waals surface area contributed by atoms with Gasteiger partial charge in [-0.1, -0.05) is 56.3 Å². The zero-order valence-corrected chi connectivity index (χ0v) is 23.1. The molecule has 0 radical (unpaired) electrons. The number of halogens is 3. The lowest BCUT2D eigenvalue weighted by Gasteiger charge is -2.31. The lowest BCUT2D eigenvalue weighted by Crippen LogP contribution is -2.47. The van der Waals surface area contributed by atoms with Crippen molar-refractivity contribution in [3.05, 3.63) is 71.3 Å². The highest BCUT2D eigenvalue weighted by Gasteiger charge is 2.36. The third kappa shape index (κ3) is 10.6. The molecule has 0 bridgehead atoms. The number of carbonyl (C=O) groups excluding carboxylic acids is 3. The number of nitrogens with zero attached hydrogens (tertiary/aromatic N) is 1.